The van der Waals surface area contributed by atoms with E-state index in [9.17, 15) is 9.59 Å². The summed E-state index contributed by atoms with van der Waals surface area (Å²) in [6.45, 7) is 0.329. The first-order valence-electron chi connectivity index (χ1n) is 11.6. The van der Waals surface area contributed by atoms with E-state index < -0.39 is 0 Å². The van der Waals surface area contributed by atoms with Crippen LogP contribution in [0.3, 0.4) is 0 Å². The summed E-state index contributed by atoms with van der Waals surface area (Å²) in [7, 11) is 4.02. The van der Waals surface area contributed by atoms with Gasteiger partial charge in [0.2, 0.25) is 11.8 Å². The fourth-order valence-electron chi connectivity index (χ4n) is 4.04. The van der Waals surface area contributed by atoms with Gasteiger partial charge in [-0.05, 0) is 41.0 Å². The fourth-order valence-corrected chi connectivity index (χ4v) is 4.04. The molecule has 0 radical (unpaired) electrons. The molecule has 1 atom stereocenters. The van der Waals surface area contributed by atoms with Gasteiger partial charge in [-0.25, -0.2) is 0 Å². The van der Waals surface area contributed by atoms with Crippen LogP contribution in [-0.2, 0) is 9.59 Å². The summed E-state index contributed by atoms with van der Waals surface area (Å²) in [5.74, 6) is -0.585. The molecule has 4 aromatic rings. The van der Waals surface area contributed by atoms with Crippen LogP contribution in [0.4, 0.5) is 5.69 Å². The van der Waals surface area contributed by atoms with E-state index in [1.54, 1.807) is 6.08 Å². The van der Waals surface area contributed by atoms with Gasteiger partial charge in [0, 0.05) is 55.4 Å². The number of aromatic nitrogens is 1. The number of nitrogens with zero attached hydrogens (tertiary/aromatic N) is 1. The summed E-state index contributed by atoms with van der Waals surface area (Å²) in [5, 5.41) is 6.78. The Balaban J connectivity index is 1.43. The van der Waals surface area contributed by atoms with Crippen molar-refractivity contribution in [3.63, 3.8) is 0 Å². The van der Waals surface area contributed by atoms with E-state index in [1.165, 1.54) is 6.08 Å². The standard InChI is InChI=1S/C29H30N4O2/c1-33(2)23-15-13-22(14-16-23)25(26-19-30-27-11-7-6-10-24(26)27)18-31-29(35)20-32-28(34)17-12-21-8-4-3-5-9-21/h3-17,19,25,30H,18,20H2,1-2H3,(H,31,35)(H,32,34)/b17-12+. The number of aromatic amines is 1. The molecular weight excluding hydrogens is 436 g/mol. The second-order valence-electron chi connectivity index (χ2n) is 8.59. The molecule has 0 fully saturated rings. The van der Waals surface area contributed by atoms with Crippen LogP contribution in [-0.4, -0.2) is 44.0 Å². The quantitative estimate of drug-likeness (QED) is 0.322. The number of amides is 2. The summed E-state index contributed by atoms with van der Waals surface area (Å²) in [6, 6.07) is 26.1. The van der Waals surface area contributed by atoms with Gasteiger partial charge in [-0.1, -0.05) is 60.7 Å². The minimum atomic E-state index is -0.309. The Bertz CT molecular complexity index is 1310. The Morgan fingerprint density at radius 2 is 1.63 bits per heavy atom. The summed E-state index contributed by atoms with van der Waals surface area (Å²) in [6.07, 6.45) is 5.17. The number of rotatable bonds is 9. The maximum Gasteiger partial charge on any atom is 0.244 e. The highest BCUT2D eigenvalue weighted by Crippen LogP contribution is 2.31. The summed E-state index contributed by atoms with van der Waals surface area (Å²) in [4.78, 5) is 30.1. The Morgan fingerprint density at radius 1 is 0.914 bits per heavy atom. The van der Waals surface area contributed by atoms with Crippen molar-refractivity contribution in [1.29, 1.82) is 0 Å². The van der Waals surface area contributed by atoms with Crippen molar-refractivity contribution in [2.45, 2.75) is 5.92 Å². The van der Waals surface area contributed by atoms with Crippen molar-refractivity contribution in [1.82, 2.24) is 15.6 Å². The van der Waals surface area contributed by atoms with Gasteiger partial charge in [-0.15, -0.1) is 0 Å². The molecule has 0 aliphatic heterocycles. The molecule has 3 N–H and O–H groups in total. The molecule has 0 aliphatic rings. The lowest BCUT2D eigenvalue weighted by Gasteiger charge is -2.20. The van der Waals surface area contributed by atoms with Crippen molar-refractivity contribution in [3.05, 3.63) is 108 Å². The molecule has 6 nitrogen and oxygen atoms in total. The van der Waals surface area contributed by atoms with Crippen LogP contribution >= 0.6 is 0 Å². The zero-order chi connectivity index (χ0) is 24.6. The third-order valence-electron chi connectivity index (χ3n) is 5.96. The van der Waals surface area contributed by atoms with E-state index in [0.29, 0.717) is 6.54 Å². The zero-order valence-corrected chi connectivity index (χ0v) is 20.0. The maximum absolute atomic E-state index is 12.6. The number of hydrogen-bond acceptors (Lipinski definition) is 3. The van der Waals surface area contributed by atoms with Gasteiger partial charge in [0.1, 0.15) is 0 Å². The highest BCUT2D eigenvalue weighted by atomic mass is 16.2. The number of para-hydroxylation sites is 1. The highest BCUT2D eigenvalue weighted by molar-refractivity contribution is 5.94. The number of anilines is 1. The average molecular weight is 467 g/mol. The van der Waals surface area contributed by atoms with Gasteiger partial charge < -0.3 is 20.5 Å². The molecule has 1 unspecified atom stereocenters. The molecule has 178 valence electrons. The first-order valence-corrected chi connectivity index (χ1v) is 11.6. The Labute approximate surface area is 205 Å². The van der Waals surface area contributed by atoms with Crippen molar-refractivity contribution in [2.24, 2.45) is 0 Å². The monoisotopic (exact) mass is 466 g/mol. The van der Waals surface area contributed by atoms with Gasteiger partial charge in [-0.3, -0.25) is 9.59 Å². The maximum atomic E-state index is 12.6. The van der Waals surface area contributed by atoms with Crippen LogP contribution in [0.5, 0.6) is 0 Å². The van der Waals surface area contributed by atoms with Crippen molar-refractivity contribution in [3.8, 4) is 0 Å². The molecule has 6 heteroatoms. The van der Waals surface area contributed by atoms with Crippen LogP contribution in [0.1, 0.15) is 22.6 Å². The van der Waals surface area contributed by atoms with Crippen molar-refractivity contribution < 1.29 is 9.59 Å². The number of fused-ring (bicyclic) bond motifs is 1. The topological polar surface area (TPSA) is 77.2 Å². The van der Waals surface area contributed by atoms with Gasteiger partial charge in [-0.2, -0.15) is 0 Å². The van der Waals surface area contributed by atoms with Crippen LogP contribution in [0.25, 0.3) is 17.0 Å². The average Bonchev–Trinajstić information content (AvgIpc) is 3.31. The second kappa shape index (κ2) is 11.2. The largest absolute Gasteiger partial charge is 0.378 e. The molecule has 0 spiro atoms. The molecule has 4 rings (SSSR count). The van der Waals surface area contributed by atoms with Crippen molar-refractivity contribution in [2.75, 3.05) is 32.1 Å². The third-order valence-corrected chi connectivity index (χ3v) is 5.96. The number of carbonyl (C=O) groups excluding carboxylic acids is 2. The molecule has 0 saturated heterocycles. The molecule has 3 aromatic carbocycles. The van der Waals surface area contributed by atoms with Gasteiger partial charge in [0.15, 0.2) is 0 Å². The van der Waals surface area contributed by atoms with Crippen LogP contribution in [0.2, 0.25) is 0 Å². The lowest BCUT2D eigenvalue weighted by atomic mass is 9.90. The molecular formula is C29H30N4O2. The van der Waals surface area contributed by atoms with Gasteiger partial charge in [0.25, 0.3) is 0 Å². The predicted molar refractivity (Wildman–Crippen MR) is 142 cm³/mol. The van der Waals surface area contributed by atoms with Crippen LogP contribution < -0.4 is 15.5 Å². The Morgan fingerprint density at radius 3 is 2.37 bits per heavy atom. The van der Waals surface area contributed by atoms with E-state index >= 15 is 0 Å². The summed E-state index contributed by atoms with van der Waals surface area (Å²) < 4.78 is 0. The molecule has 0 aliphatic carbocycles. The number of nitrogens with one attached hydrogen (secondary N) is 3. The minimum Gasteiger partial charge on any atom is -0.378 e. The SMILES string of the molecule is CN(C)c1ccc(C(CNC(=O)CNC(=O)/C=C/c2ccccc2)c2c[nH]c3ccccc23)cc1. The normalized spacial score (nSPS) is 11.9. The van der Waals surface area contributed by atoms with Crippen LogP contribution in [0, 0.1) is 0 Å². The number of hydrogen-bond donors (Lipinski definition) is 3. The Hall–Kier alpha value is -4.32. The number of H-pyrrole nitrogens is 1. The van der Waals surface area contributed by atoms with E-state index in [4.69, 9.17) is 0 Å². The van der Waals surface area contributed by atoms with E-state index in [0.717, 1.165) is 33.3 Å². The lowest BCUT2D eigenvalue weighted by molar-refractivity contribution is -0.123. The van der Waals surface area contributed by atoms with Crippen LogP contribution in [0.15, 0.2) is 91.1 Å². The fraction of sp³-hybridized carbons (Fsp3) is 0.172. The highest BCUT2D eigenvalue weighted by Gasteiger charge is 2.19. The minimum absolute atomic E-state index is 0.0417. The Kier molecular flexibility index (Phi) is 7.63. The molecule has 35 heavy (non-hydrogen) atoms. The number of carbonyl (C=O) groups is 2. The van der Waals surface area contributed by atoms with Gasteiger partial charge in [0.05, 0.1) is 6.54 Å². The molecule has 2 amide bonds. The van der Waals surface area contributed by atoms with E-state index in [1.807, 2.05) is 68.8 Å². The zero-order valence-electron chi connectivity index (χ0n) is 20.0. The third kappa shape index (κ3) is 6.18. The smallest absolute Gasteiger partial charge is 0.244 e. The first-order chi connectivity index (χ1) is 17.0. The lowest BCUT2D eigenvalue weighted by Crippen LogP contribution is -2.38. The summed E-state index contributed by atoms with van der Waals surface area (Å²) in [5.41, 5.74) is 5.32. The molecule has 1 aromatic heterocycles. The second-order valence-corrected chi connectivity index (χ2v) is 8.59. The first kappa shape index (κ1) is 23.8. The van der Waals surface area contributed by atoms with Gasteiger partial charge >= 0.3 is 0 Å². The molecule has 0 bridgehead atoms. The molecule has 1 heterocycles. The summed E-state index contributed by atoms with van der Waals surface area (Å²) >= 11 is 0. The molecule has 0 saturated carbocycles. The number of benzene rings is 3. The van der Waals surface area contributed by atoms with E-state index in [-0.39, 0.29) is 24.3 Å². The van der Waals surface area contributed by atoms with E-state index in [2.05, 4.69) is 50.8 Å². The predicted octanol–water partition coefficient (Wildman–Crippen LogP) is 4.31. The van der Waals surface area contributed by atoms with Crippen molar-refractivity contribution >= 4 is 34.5 Å².